The molecule has 0 aliphatic heterocycles. The minimum atomic E-state index is -0.166. The fraction of sp³-hybridized carbons (Fsp3) is 0.138. The summed E-state index contributed by atoms with van der Waals surface area (Å²) in [5.41, 5.74) is 5.10. The van der Waals surface area contributed by atoms with Gasteiger partial charge in [0.2, 0.25) is 5.91 Å². The Morgan fingerprint density at radius 2 is 1.70 bits per heavy atom. The zero-order valence-electron chi connectivity index (χ0n) is 20.6. The standard InChI is InChI=1S/C29H25N3O3S2/c1-18-8-7-9-19(2)26(18)30-24(33)17-37-29-31-27-25(28(34)32(29)21-10-5-4-6-11-21)23(16-36-27)20-12-14-22(35-3)15-13-20/h4-16H,17H2,1-3H3,(H,30,33). The summed E-state index contributed by atoms with van der Waals surface area (Å²) in [6, 6.07) is 22.9. The summed E-state index contributed by atoms with van der Waals surface area (Å²) in [5, 5.41) is 6.00. The molecule has 0 aliphatic carbocycles. The van der Waals surface area contributed by atoms with Gasteiger partial charge in [-0.3, -0.25) is 14.2 Å². The molecule has 5 aromatic rings. The molecule has 3 aromatic carbocycles. The number of hydrogen-bond donors (Lipinski definition) is 1. The van der Waals surface area contributed by atoms with Crippen molar-refractivity contribution in [2.24, 2.45) is 0 Å². The second kappa shape index (κ2) is 10.6. The van der Waals surface area contributed by atoms with E-state index in [4.69, 9.17) is 9.72 Å². The van der Waals surface area contributed by atoms with Crippen molar-refractivity contribution in [3.05, 3.63) is 99.7 Å². The number of thiophene rings is 1. The van der Waals surface area contributed by atoms with Crippen LogP contribution in [0.25, 0.3) is 27.0 Å². The number of anilines is 1. The van der Waals surface area contributed by atoms with Crippen LogP contribution in [0.1, 0.15) is 11.1 Å². The van der Waals surface area contributed by atoms with Crippen LogP contribution in [0, 0.1) is 13.8 Å². The molecule has 0 radical (unpaired) electrons. The maximum absolute atomic E-state index is 13.9. The molecule has 8 heteroatoms. The monoisotopic (exact) mass is 527 g/mol. The number of aromatic nitrogens is 2. The molecule has 1 amide bonds. The second-order valence-corrected chi connectivity index (χ2v) is 10.3. The van der Waals surface area contributed by atoms with Gasteiger partial charge in [0.05, 0.1) is 23.9 Å². The molecule has 0 fully saturated rings. The van der Waals surface area contributed by atoms with Crippen LogP contribution < -0.4 is 15.6 Å². The van der Waals surface area contributed by atoms with Crippen LogP contribution in [-0.2, 0) is 4.79 Å². The van der Waals surface area contributed by atoms with Crippen LogP contribution in [-0.4, -0.2) is 28.3 Å². The topological polar surface area (TPSA) is 73.2 Å². The molecule has 0 unspecified atom stereocenters. The maximum Gasteiger partial charge on any atom is 0.268 e. The largest absolute Gasteiger partial charge is 0.497 e. The summed E-state index contributed by atoms with van der Waals surface area (Å²) in [4.78, 5) is 32.3. The predicted molar refractivity (Wildman–Crippen MR) is 152 cm³/mol. The molecule has 1 N–H and O–H groups in total. The molecule has 6 nitrogen and oxygen atoms in total. The van der Waals surface area contributed by atoms with Crippen LogP contribution in [0.15, 0.2) is 88.1 Å². The normalized spacial score (nSPS) is 11.0. The summed E-state index contributed by atoms with van der Waals surface area (Å²) in [7, 11) is 1.62. The Morgan fingerprint density at radius 3 is 2.38 bits per heavy atom. The number of carbonyl (C=O) groups is 1. The molecule has 0 aliphatic rings. The van der Waals surface area contributed by atoms with Gasteiger partial charge in [-0.2, -0.15) is 0 Å². The first-order valence-corrected chi connectivity index (χ1v) is 13.6. The van der Waals surface area contributed by atoms with Gasteiger partial charge in [-0.1, -0.05) is 60.3 Å². The number of para-hydroxylation sites is 2. The summed E-state index contributed by atoms with van der Waals surface area (Å²) in [6.07, 6.45) is 0. The number of aryl methyl sites for hydroxylation is 2. The van der Waals surface area contributed by atoms with Gasteiger partial charge in [-0.15, -0.1) is 11.3 Å². The lowest BCUT2D eigenvalue weighted by Crippen LogP contribution is -2.23. The van der Waals surface area contributed by atoms with Crippen molar-refractivity contribution in [2.45, 2.75) is 19.0 Å². The van der Waals surface area contributed by atoms with Crippen molar-refractivity contribution in [1.82, 2.24) is 9.55 Å². The number of ether oxygens (including phenoxy) is 1. The van der Waals surface area contributed by atoms with Gasteiger partial charge in [-0.25, -0.2) is 4.98 Å². The number of thioether (sulfide) groups is 1. The molecule has 186 valence electrons. The molecular formula is C29H25N3O3S2. The van der Waals surface area contributed by atoms with E-state index in [1.165, 1.54) is 23.1 Å². The first-order chi connectivity index (χ1) is 18.0. The van der Waals surface area contributed by atoms with Crippen LogP contribution in [0.2, 0.25) is 0 Å². The van der Waals surface area contributed by atoms with E-state index in [2.05, 4.69) is 5.32 Å². The first kappa shape index (κ1) is 24.8. The van der Waals surface area contributed by atoms with Crippen LogP contribution in [0.3, 0.4) is 0 Å². The summed E-state index contributed by atoms with van der Waals surface area (Å²) < 4.78 is 6.87. The number of nitrogens with zero attached hydrogens (tertiary/aromatic N) is 2. The molecule has 0 bridgehead atoms. The number of fused-ring (bicyclic) bond motifs is 1. The summed E-state index contributed by atoms with van der Waals surface area (Å²) >= 11 is 2.67. The van der Waals surface area contributed by atoms with Crippen LogP contribution >= 0.6 is 23.1 Å². The van der Waals surface area contributed by atoms with Crippen molar-refractivity contribution in [3.63, 3.8) is 0 Å². The minimum Gasteiger partial charge on any atom is -0.497 e. The Hall–Kier alpha value is -3.88. The number of hydrogen-bond acceptors (Lipinski definition) is 6. The zero-order valence-corrected chi connectivity index (χ0v) is 22.3. The Labute approximate surface area is 223 Å². The quantitative estimate of drug-likeness (QED) is 0.194. The van der Waals surface area contributed by atoms with Gasteiger partial charge in [0, 0.05) is 16.6 Å². The zero-order chi connectivity index (χ0) is 25.9. The Morgan fingerprint density at radius 1 is 1.00 bits per heavy atom. The van der Waals surface area contributed by atoms with E-state index in [-0.39, 0.29) is 17.2 Å². The van der Waals surface area contributed by atoms with Crippen molar-refractivity contribution in [1.29, 1.82) is 0 Å². The van der Waals surface area contributed by atoms with Gasteiger partial charge in [0.25, 0.3) is 5.56 Å². The predicted octanol–water partition coefficient (Wildman–Crippen LogP) is 6.47. The maximum atomic E-state index is 13.9. The van der Waals surface area contributed by atoms with Crippen LogP contribution in [0.5, 0.6) is 5.75 Å². The highest BCUT2D eigenvalue weighted by Gasteiger charge is 2.19. The SMILES string of the molecule is COc1ccc(-c2csc3nc(SCC(=O)Nc4c(C)cccc4C)n(-c4ccccc4)c(=O)c23)cc1. The molecular weight excluding hydrogens is 502 g/mol. The van der Waals surface area contributed by atoms with Gasteiger partial charge in [-0.05, 0) is 54.8 Å². The van der Waals surface area contributed by atoms with Crippen molar-refractivity contribution in [3.8, 4) is 22.6 Å². The first-order valence-electron chi connectivity index (χ1n) is 11.7. The highest BCUT2D eigenvalue weighted by atomic mass is 32.2. The molecule has 5 rings (SSSR count). The number of rotatable bonds is 7. The number of amides is 1. The van der Waals surface area contributed by atoms with E-state index in [1.807, 2.05) is 92.0 Å². The highest BCUT2D eigenvalue weighted by molar-refractivity contribution is 7.99. The lowest BCUT2D eigenvalue weighted by Gasteiger charge is -2.14. The Kier molecular flexibility index (Phi) is 7.12. The van der Waals surface area contributed by atoms with Gasteiger partial charge >= 0.3 is 0 Å². The second-order valence-electron chi connectivity index (χ2n) is 8.53. The van der Waals surface area contributed by atoms with E-state index < -0.39 is 0 Å². The third kappa shape index (κ3) is 5.03. The third-order valence-electron chi connectivity index (χ3n) is 6.07. The lowest BCUT2D eigenvalue weighted by atomic mass is 10.1. The highest BCUT2D eigenvalue weighted by Crippen LogP contribution is 2.34. The molecule has 0 atom stereocenters. The number of carbonyl (C=O) groups excluding carboxylic acids is 1. The van der Waals surface area contributed by atoms with E-state index in [9.17, 15) is 9.59 Å². The van der Waals surface area contributed by atoms with Gasteiger partial charge in [0.15, 0.2) is 5.16 Å². The minimum absolute atomic E-state index is 0.120. The van der Waals surface area contributed by atoms with E-state index >= 15 is 0 Å². The third-order valence-corrected chi connectivity index (χ3v) is 7.88. The van der Waals surface area contributed by atoms with Gasteiger partial charge < -0.3 is 10.1 Å². The smallest absolute Gasteiger partial charge is 0.268 e. The summed E-state index contributed by atoms with van der Waals surface area (Å²) in [6.45, 7) is 3.94. The molecule has 0 spiro atoms. The number of methoxy groups -OCH3 is 1. The molecule has 37 heavy (non-hydrogen) atoms. The average molecular weight is 528 g/mol. The lowest BCUT2D eigenvalue weighted by molar-refractivity contribution is -0.113. The molecule has 0 saturated heterocycles. The van der Waals surface area contributed by atoms with Gasteiger partial charge in [0.1, 0.15) is 10.6 Å². The summed E-state index contributed by atoms with van der Waals surface area (Å²) in [5.74, 6) is 0.720. The van der Waals surface area contributed by atoms with Crippen LogP contribution in [0.4, 0.5) is 5.69 Å². The number of benzene rings is 3. The Balaban J connectivity index is 1.53. The fourth-order valence-corrected chi connectivity index (χ4v) is 5.98. The Bertz CT molecular complexity index is 1620. The van der Waals surface area contributed by atoms with Crippen molar-refractivity contribution in [2.75, 3.05) is 18.2 Å². The van der Waals surface area contributed by atoms with Crippen molar-refractivity contribution < 1.29 is 9.53 Å². The average Bonchev–Trinajstić information content (AvgIpc) is 3.34. The number of nitrogens with one attached hydrogen (secondary N) is 1. The van der Waals surface area contributed by atoms with Crippen molar-refractivity contribution >= 4 is 44.9 Å². The van der Waals surface area contributed by atoms with E-state index in [1.54, 1.807) is 11.7 Å². The molecule has 2 aromatic heterocycles. The molecule has 2 heterocycles. The van der Waals surface area contributed by atoms with E-state index in [0.717, 1.165) is 33.7 Å². The van der Waals surface area contributed by atoms with E-state index in [0.29, 0.717) is 21.1 Å². The molecule has 0 saturated carbocycles. The fourth-order valence-electron chi connectivity index (χ4n) is 4.17.